The topological polar surface area (TPSA) is 105 Å². The SMILES string of the molecule is COC(=O)[C@@H]1[C@]2(C(C)=O)[C@@]1(C(F)(F)F)[C@@]1(C)C=C[C@]2(C)O1.COC(=O)[C@H]1[C@@]2(C(C)=O)[C@]1(C(F)(F)F)[C@]1(C)C=C[C@@]2(C)O1. The number of carbonyl (C=O) groups excluding carboxylic acids is 4. The van der Waals surface area contributed by atoms with Crippen LogP contribution in [0.3, 0.4) is 0 Å². The summed E-state index contributed by atoms with van der Waals surface area (Å²) in [7, 11) is 2.05. The van der Waals surface area contributed by atoms with Crippen LogP contribution in [0.2, 0.25) is 0 Å². The number of hydrogen-bond acceptors (Lipinski definition) is 8. The summed E-state index contributed by atoms with van der Waals surface area (Å²) in [4.78, 5) is 48.4. The second-order valence-corrected chi connectivity index (χ2v) is 12.6. The van der Waals surface area contributed by atoms with E-state index >= 15 is 0 Å². The molecule has 2 aliphatic carbocycles. The molecule has 6 aliphatic rings. The first-order valence-corrected chi connectivity index (χ1v) is 13.0. The highest BCUT2D eigenvalue weighted by molar-refractivity contribution is 6.01. The molecule has 0 unspecified atom stereocenters. The average molecular weight is 609 g/mol. The Labute approximate surface area is 236 Å². The van der Waals surface area contributed by atoms with Gasteiger partial charge in [-0.3, -0.25) is 19.2 Å². The van der Waals surface area contributed by atoms with E-state index in [9.17, 15) is 45.5 Å². The highest BCUT2D eigenvalue weighted by atomic mass is 19.4. The molecule has 4 heterocycles. The van der Waals surface area contributed by atoms with E-state index in [0.717, 1.165) is 28.1 Å². The molecule has 0 radical (unpaired) electrons. The molecule has 0 spiro atoms. The fourth-order valence-corrected chi connectivity index (χ4v) is 10.1. The summed E-state index contributed by atoms with van der Waals surface area (Å²) in [6, 6.07) is 0. The predicted molar refractivity (Wildman–Crippen MR) is 128 cm³/mol. The third-order valence-corrected chi connectivity index (χ3v) is 11.1. The summed E-state index contributed by atoms with van der Waals surface area (Å²) in [5.74, 6) is -6.60. The van der Waals surface area contributed by atoms with Gasteiger partial charge in [0, 0.05) is 0 Å². The standard InChI is InChI=1S/2C14H15F3O4/c2*1-7(18)12-8(9(19)20-4)13(12,14(15,16)17)11(3)6-5-10(12,2)21-11/h2*5-6,8H,1-4H3/t2*8-,10+,11-,12+,13+/m10/s1. The summed E-state index contributed by atoms with van der Waals surface area (Å²) in [5, 5.41) is 0. The molecule has 42 heavy (non-hydrogen) atoms. The van der Waals surface area contributed by atoms with Gasteiger partial charge in [-0.25, -0.2) is 0 Å². The van der Waals surface area contributed by atoms with E-state index in [-0.39, 0.29) is 0 Å². The molecular weight excluding hydrogens is 578 g/mol. The van der Waals surface area contributed by atoms with E-state index in [4.69, 9.17) is 9.47 Å². The van der Waals surface area contributed by atoms with Crippen LogP contribution in [-0.2, 0) is 38.1 Å². The van der Waals surface area contributed by atoms with Crippen LogP contribution in [0.1, 0.15) is 41.5 Å². The van der Waals surface area contributed by atoms with Gasteiger partial charge in [-0.1, -0.05) is 24.3 Å². The highest BCUT2D eigenvalue weighted by Crippen LogP contribution is 2.92. The van der Waals surface area contributed by atoms with Gasteiger partial charge in [0.05, 0.1) is 48.1 Å². The van der Waals surface area contributed by atoms with E-state index in [0.29, 0.717) is 0 Å². The molecule has 0 N–H and O–H groups in total. The van der Waals surface area contributed by atoms with Gasteiger partial charge < -0.3 is 18.9 Å². The van der Waals surface area contributed by atoms with Crippen molar-refractivity contribution in [1.29, 1.82) is 0 Å². The number of hydrogen-bond donors (Lipinski definition) is 0. The summed E-state index contributed by atoms with van der Waals surface area (Å²) in [6.45, 7) is 7.55. The fourth-order valence-electron chi connectivity index (χ4n) is 10.1. The van der Waals surface area contributed by atoms with Crippen LogP contribution in [0, 0.1) is 33.5 Å². The first-order chi connectivity index (χ1) is 18.9. The van der Waals surface area contributed by atoms with Crippen molar-refractivity contribution in [3.63, 3.8) is 0 Å². The van der Waals surface area contributed by atoms with Crippen LogP contribution in [0.4, 0.5) is 26.3 Å². The Balaban J connectivity index is 0.000000168. The lowest BCUT2D eigenvalue weighted by Crippen LogP contribution is -2.47. The first kappa shape index (κ1) is 30.7. The van der Waals surface area contributed by atoms with Gasteiger partial charge in [0.1, 0.15) is 33.6 Å². The van der Waals surface area contributed by atoms with Crippen molar-refractivity contribution in [2.24, 2.45) is 33.5 Å². The van der Waals surface area contributed by atoms with Gasteiger partial charge >= 0.3 is 24.3 Å². The minimum Gasteiger partial charge on any atom is -0.469 e. The van der Waals surface area contributed by atoms with E-state index in [1.165, 1.54) is 52.0 Å². The Morgan fingerprint density at radius 2 is 0.857 bits per heavy atom. The maximum absolute atomic E-state index is 13.9. The van der Waals surface area contributed by atoms with Gasteiger partial charge in [0.15, 0.2) is 0 Å². The van der Waals surface area contributed by atoms with Gasteiger partial charge in [-0.2, -0.15) is 26.3 Å². The van der Waals surface area contributed by atoms with Crippen LogP contribution in [0.5, 0.6) is 0 Å². The highest BCUT2D eigenvalue weighted by Gasteiger charge is 3.06. The second kappa shape index (κ2) is 7.66. The predicted octanol–water partition coefficient (Wildman–Crippen LogP) is 4.06. The van der Waals surface area contributed by atoms with Crippen molar-refractivity contribution in [1.82, 2.24) is 0 Å². The quantitative estimate of drug-likeness (QED) is 0.268. The molecule has 4 bridgehead atoms. The molecule has 14 heteroatoms. The van der Waals surface area contributed by atoms with Crippen LogP contribution in [0.15, 0.2) is 24.3 Å². The molecule has 6 rings (SSSR count). The Morgan fingerprint density at radius 3 is 1.05 bits per heavy atom. The van der Waals surface area contributed by atoms with Crippen LogP contribution in [-0.4, -0.2) is 72.5 Å². The third kappa shape index (κ3) is 2.53. The van der Waals surface area contributed by atoms with Gasteiger partial charge in [-0.05, 0) is 41.5 Å². The number of esters is 2. The van der Waals surface area contributed by atoms with E-state index in [2.05, 4.69) is 9.47 Å². The summed E-state index contributed by atoms with van der Waals surface area (Å²) in [6.07, 6.45) is -4.00. The Kier molecular flexibility index (Phi) is 5.60. The number of methoxy groups -OCH3 is 2. The zero-order valence-electron chi connectivity index (χ0n) is 24.0. The lowest BCUT2D eigenvalue weighted by Gasteiger charge is -2.33. The molecule has 8 nitrogen and oxygen atoms in total. The molecule has 0 aromatic rings. The molecule has 2 saturated heterocycles. The molecule has 2 saturated carbocycles. The van der Waals surface area contributed by atoms with E-state index < -0.39 is 91.8 Å². The normalized spacial score (nSPS) is 50.0. The number of fused-ring (bicyclic) bond motifs is 10. The van der Waals surface area contributed by atoms with E-state index in [1.54, 1.807) is 0 Å². The molecule has 4 fully saturated rings. The molecule has 0 aromatic heterocycles. The first-order valence-electron chi connectivity index (χ1n) is 13.0. The maximum atomic E-state index is 13.9. The van der Waals surface area contributed by atoms with Crippen molar-refractivity contribution < 1.29 is 64.5 Å². The van der Waals surface area contributed by atoms with Crippen molar-refractivity contribution in [2.75, 3.05) is 14.2 Å². The number of ketones is 2. The monoisotopic (exact) mass is 608 g/mol. The molecule has 0 amide bonds. The van der Waals surface area contributed by atoms with Crippen LogP contribution >= 0.6 is 0 Å². The largest absolute Gasteiger partial charge is 0.469 e. The Hall–Kier alpha value is -2.74. The van der Waals surface area contributed by atoms with Crippen molar-refractivity contribution >= 4 is 23.5 Å². The summed E-state index contributed by atoms with van der Waals surface area (Å²) >= 11 is 0. The van der Waals surface area contributed by atoms with Crippen molar-refractivity contribution in [3.8, 4) is 0 Å². The fraction of sp³-hybridized carbons (Fsp3) is 0.714. The minimum absolute atomic E-state index is 0.703. The summed E-state index contributed by atoms with van der Waals surface area (Å²) in [5.41, 5.74) is -15.4. The molecule has 4 aliphatic heterocycles. The molecule has 0 aromatic carbocycles. The van der Waals surface area contributed by atoms with Crippen molar-refractivity contribution in [2.45, 2.75) is 76.3 Å². The van der Waals surface area contributed by atoms with Gasteiger partial charge in [0.25, 0.3) is 0 Å². The van der Waals surface area contributed by atoms with Crippen LogP contribution < -0.4 is 0 Å². The Bertz CT molecular complexity index is 1300. The number of carbonyl (C=O) groups is 4. The maximum Gasteiger partial charge on any atom is 0.399 e. The second-order valence-electron chi connectivity index (χ2n) is 12.6. The van der Waals surface area contributed by atoms with Crippen molar-refractivity contribution in [3.05, 3.63) is 24.3 Å². The Morgan fingerprint density at radius 1 is 0.595 bits per heavy atom. The lowest BCUT2D eigenvalue weighted by molar-refractivity contribution is -0.232. The average Bonchev–Trinajstić information content (AvgIpc) is 3.61. The van der Waals surface area contributed by atoms with Gasteiger partial charge in [-0.15, -0.1) is 0 Å². The third-order valence-electron chi connectivity index (χ3n) is 11.1. The molecule has 232 valence electrons. The number of Topliss-reactive ketones (excluding diaryl/α,β-unsaturated/α-hetero) is 2. The molecule has 10 atom stereocenters. The van der Waals surface area contributed by atoms with Gasteiger partial charge in [0.2, 0.25) is 0 Å². The lowest BCUT2D eigenvalue weighted by atomic mass is 9.69. The number of halogens is 6. The zero-order valence-corrected chi connectivity index (χ0v) is 24.0. The number of ether oxygens (including phenoxy) is 4. The molecular formula is C28H30F6O8. The van der Waals surface area contributed by atoms with Crippen LogP contribution in [0.25, 0.3) is 0 Å². The number of alkyl halides is 6. The summed E-state index contributed by atoms with van der Waals surface area (Å²) < 4.78 is 104. The zero-order chi connectivity index (χ0) is 32.1. The number of rotatable bonds is 4. The minimum atomic E-state index is -4.77. The van der Waals surface area contributed by atoms with E-state index in [1.807, 2.05) is 0 Å². The smallest absolute Gasteiger partial charge is 0.399 e.